The normalized spacial score (nSPS) is 10.5. The number of para-hydroxylation sites is 1. The van der Waals surface area contributed by atoms with Gasteiger partial charge in [0.2, 0.25) is 11.2 Å². The number of hydrogen-bond donors (Lipinski definition) is 3. The summed E-state index contributed by atoms with van der Waals surface area (Å²) in [6.45, 7) is 0. The van der Waals surface area contributed by atoms with Crippen molar-refractivity contribution in [3.8, 4) is 17.2 Å². The van der Waals surface area contributed by atoms with E-state index < -0.39 is 22.6 Å². The number of ether oxygens (including phenoxy) is 1. The molecule has 7 heteroatoms. The Morgan fingerprint density at radius 1 is 1.00 bits per heavy atom. The lowest BCUT2D eigenvalue weighted by atomic mass is 10.2. The molecule has 3 N–H and O–H groups in total. The Bertz CT molecular complexity index is 1060. The number of carbonyl (C=O) groups is 1. The Hall–Kier alpha value is -3.61. The van der Waals surface area contributed by atoms with Crippen molar-refractivity contribution in [2.45, 2.75) is 0 Å². The number of carboxylic acid groups (broad SMARTS) is 1. The standard InChI is InChI=1S/C17H11NO6/c19-12-7-6-10-14(13(20)8-11(18-10)17(22)23)16(15(12)21)24-9-4-2-1-3-5-9/h1-8H,(H,18,20)(H,19,21)(H,22,23). The number of aromatic carboxylic acids is 1. The van der Waals surface area contributed by atoms with Crippen molar-refractivity contribution < 1.29 is 19.7 Å². The molecule has 0 unspecified atom stereocenters. The van der Waals surface area contributed by atoms with Crippen LogP contribution in [0.2, 0.25) is 0 Å². The van der Waals surface area contributed by atoms with E-state index in [0.717, 1.165) is 12.1 Å². The van der Waals surface area contributed by atoms with Crippen molar-refractivity contribution in [1.29, 1.82) is 0 Å². The maximum Gasteiger partial charge on any atom is 0.352 e. The third kappa shape index (κ3) is 2.70. The summed E-state index contributed by atoms with van der Waals surface area (Å²) in [6, 6.07) is 11.4. The second-order valence-electron chi connectivity index (χ2n) is 4.93. The molecule has 24 heavy (non-hydrogen) atoms. The summed E-state index contributed by atoms with van der Waals surface area (Å²) in [5.74, 6) is -2.08. The Labute approximate surface area is 134 Å². The van der Waals surface area contributed by atoms with Gasteiger partial charge in [0.15, 0.2) is 11.2 Å². The Morgan fingerprint density at radius 3 is 2.38 bits per heavy atom. The second-order valence-corrected chi connectivity index (χ2v) is 4.93. The molecule has 3 aromatic rings. The number of aromatic nitrogens is 1. The zero-order valence-electron chi connectivity index (χ0n) is 12.1. The topological polar surface area (TPSA) is 117 Å². The summed E-state index contributed by atoms with van der Waals surface area (Å²) in [7, 11) is 0. The first-order chi connectivity index (χ1) is 11.5. The van der Waals surface area contributed by atoms with Crippen LogP contribution in [0.4, 0.5) is 0 Å². The fourth-order valence-corrected chi connectivity index (χ4v) is 2.23. The van der Waals surface area contributed by atoms with Crippen LogP contribution < -0.4 is 15.6 Å². The van der Waals surface area contributed by atoms with E-state index >= 15 is 0 Å². The summed E-state index contributed by atoms with van der Waals surface area (Å²) in [5.41, 5.74) is -1.74. The fraction of sp³-hybridized carbons (Fsp3) is 0. The largest absolute Gasteiger partial charge is 0.502 e. The van der Waals surface area contributed by atoms with E-state index in [4.69, 9.17) is 9.84 Å². The molecule has 0 bridgehead atoms. The number of pyridine rings is 1. The third-order valence-electron chi connectivity index (χ3n) is 3.33. The maximum atomic E-state index is 12.3. The lowest BCUT2D eigenvalue weighted by Crippen LogP contribution is -2.09. The van der Waals surface area contributed by atoms with E-state index in [2.05, 4.69) is 4.98 Å². The number of hydrogen-bond acceptors (Lipinski definition) is 5. The molecule has 3 rings (SSSR count). The highest BCUT2D eigenvalue weighted by Crippen LogP contribution is 2.32. The zero-order chi connectivity index (χ0) is 17.3. The monoisotopic (exact) mass is 325 g/mol. The van der Waals surface area contributed by atoms with Crippen molar-refractivity contribution in [2.75, 3.05) is 0 Å². The quantitative estimate of drug-likeness (QED) is 0.679. The minimum absolute atomic E-state index is 0.0585. The van der Waals surface area contributed by atoms with E-state index in [0.29, 0.717) is 5.75 Å². The molecule has 0 aliphatic rings. The highest BCUT2D eigenvalue weighted by atomic mass is 16.5. The first-order valence-electron chi connectivity index (χ1n) is 6.87. The van der Waals surface area contributed by atoms with Gasteiger partial charge in [0, 0.05) is 6.07 Å². The van der Waals surface area contributed by atoms with Crippen LogP contribution >= 0.6 is 0 Å². The van der Waals surface area contributed by atoms with Crippen LogP contribution in [0.15, 0.2) is 58.1 Å². The van der Waals surface area contributed by atoms with Crippen molar-refractivity contribution in [1.82, 2.24) is 4.98 Å². The number of H-pyrrole nitrogens is 1. The number of carboxylic acids is 1. The Morgan fingerprint density at radius 2 is 1.71 bits per heavy atom. The molecule has 0 radical (unpaired) electrons. The van der Waals surface area contributed by atoms with Crippen LogP contribution in [0.3, 0.4) is 0 Å². The highest BCUT2D eigenvalue weighted by Gasteiger charge is 2.17. The van der Waals surface area contributed by atoms with Gasteiger partial charge < -0.3 is 19.9 Å². The molecule has 120 valence electrons. The summed E-state index contributed by atoms with van der Waals surface area (Å²) in [6.07, 6.45) is 0. The van der Waals surface area contributed by atoms with Gasteiger partial charge in [-0.25, -0.2) is 4.79 Å². The molecule has 0 saturated carbocycles. The minimum Gasteiger partial charge on any atom is -0.502 e. The number of nitrogens with one attached hydrogen (secondary N) is 1. The van der Waals surface area contributed by atoms with E-state index in [-0.39, 0.29) is 22.3 Å². The molecule has 2 aromatic carbocycles. The molecule has 0 fully saturated rings. The van der Waals surface area contributed by atoms with Crippen LogP contribution in [0.5, 0.6) is 17.2 Å². The van der Waals surface area contributed by atoms with E-state index in [1.54, 1.807) is 30.3 Å². The molecular weight excluding hydrogens is 314 g/mol. The lowest BCUT2D eigenvalue weighted by Gasteiger charge is -2.07. The second kappa shape index (κ2) is 5.88. The molecule has 0 spiro atoms. The number of rotatable bonds is 3. The first kappa shape index (κ1) is 15.3. The predicted molar refractivity (Wildman–Crippen MR) is 86.0 cm³/mol. The van der Waals surface area contributed by atoms with Crippen molar-refractivity contribution in [2.24, 2.45) is 0 Å². The molecule has 0 atom stereocenters. The van der Waals surface area contributed by atoms with E-state index in [9.17, 15) is 19.5 Å². The van der Waals surface area contributed by atoms with Crippen molar-refractivity contribution in [3.63, 3.8) is 0 Å². The molecule has 7 nitrogen and oxygen atoms in total. The van der Waals surface area contributed by atoms with Crippen LogP contribution in [0.1, 0.15) is 10.5 Å². The average molecular weight is 325 g/mol. The number of aromatic amines is 1. The predicted octanol–water partition coefficient (Wildman–Crippen LogP) is 2.08. The molecule has 1 heterocycles. The lowest BCUT2D eigenvalue weighted by molar-refractivity contribution is 0.0691. The minimum atomic E-state index is -1.32. The van der Waals surface area contributed by atoms with Crippen molar-refractivity contribution >= 4 is 16.9 Å². The summed E-state index contributed by atoms with van der Waals surface area (Å²) < 4.78 is 5.53. The van der Waals surface area contributed by atoms with Gasteiger partial charge in [-0.3, -0.25) is 9.59 Å². The van der Waals surface area contributed by atoms with Gasteiger partial charge in [-0.2, -0.15) is 0 Å². The van der Waals surface area contributed by atoms with Gasteiger partial charge in [0.25, 0.3) is 0 Å². The summed E-state index contributed by atoms with van der Waals surface area (Å²) in [5, 5.41) is 19.0. The Balaban J connectivity index is 2.38. The molecule has 1 aromatic heterocycles. The molecule has 0 amide bonds. The van der Waals surface area contributed by atoms with Gasteiger partial charge in [-0.1, -0.05) is 18.2 Å². The van der Waals surface area contributed by atoms with Crippen LogP contribution in [0, 0.1) is 0 Å². The van der Waals surface area contributed by atoms with Gasteiger partial charge in [-0.05, 0) is 24.3 Å². The molecule has 0 aliphatic carbocycles. The molecule has 0 saturated heterocycles. The smallest absolute Gasteiger partial charge is 0.352 e. The van der Waals surface area contributed by atoms with Crippen molar-refractivity contribution in [3.05, 3.63) is 74.7 Å². The first-order valence-corrected chi connectivity index (χ1v) is 6.87. The van der Waals surface area contributed by atoms with E-state index in [1.165, 1.54) is 6.07 Å². The zero-order valence-corrected chi connectivity index (χ0v) is 12.1. The number of fused-ring (bicyclic) bond motifs is 1. The number of aromatic hydroxyl groups is 1. The summed E-state index contributed by atoms with van der Waals surface area (Å²) >= 11 is 0. The number of benzene rings is 1. The van der Waals surface area contributed by atoms with E-state index in [1.807, 2.05) is 0 Å². The van der Waals surface area contributed by atoms with Crippen LogP contribution in [0.25, 0.3) is 10.9 Å². The average Bonchev–Trinajstić information content (AvgIpc) is 2.68. The van der Waals surface area contributed by atoms with Gasteiger partial charge in [0.05, 0.1) is 10.9 Å². The molecule has 0 aliphatic heterocycles. The fourth-order valence-electron chi connectivity index (χ4n) is 2.23. The maximum absolute atomic E-state index is 12.3. The third-order valence-corrected chi connectivity index (χ3v) is 3.33. The van der Waals surface area contributed by atoms with Gasteiger partial charge >= 0.3 is 5.97 Å². The summed E-state index contributed by atoms with van der Waals surface area (Å²) in [4.78, 5) is 37.9. The van der Waals surface area contributed by atoms with Crippen LogP contribution in [-0.4, -0.2) is 21.2 Å². The molecular formula is C17H11NO6. The van der Waals surface area contributed by atoms with Crippen LogP contribution in [-0.2, 0) is 0 Å². The highest BCUT2D eigenvalue weighted by molar-refractivity contribution is 5.92. The SMILES string of the molecule is O=C(O)c1cc(=O)c2c(Oc3ccccc3)c(O)c(=O)ccc2[nH]1. The van der Waals surface area contributed by atoms with Gasteiger partial charge in [-0.15, -0.1) is 0 Å². The Kier molecular flexibility index (Phi) is 3.75. The van der Waals surface area contributed by atoms with Gasteiger partial charge in [0.1, 0.15) is 11.4 Å².